The standard InChI is InChI=1S/C18H23N2O4/c1-18(2,3)24-17(23)20-15(16(22)8-9-21)10-12-11-19-14-7-5-4-6-13(12)14/h4-7,11,15-16,19,22H,8,10H2,1-3H3,(H,20,23)/t15-,16?/m0/s1. The molecule has 1 heterocycles. The van der Waals surface area contributed by atoms with Gasteiger partial charge in [-0.05, 0) is 38.8 Å². The van der Waals surface area contributed by atoms with Crippen LogP contribution in [-0.4, -0.2) is 40.2 Å². The first kappa shape index (κ1) is 18.0. The highest BCUT2D eigenvalue weighted by Crippen LogP contribution is 2.20. The number of fused-ring (bicyclic) bond motifs is 1. The number of para-hydroxylation sites is 1. The molecule has 1 amide bonds. The Morgan fingerprint density at radius 3 is 2.75 bits per heavy atom. The Morgan fingerprint density at radius 1 is 1.38 bits per heavy atom. The van der Waals surface area contributed by atoms with E-state index in [-0.39, 0.29) is 6.42 Å². The van der Waals surface area contributed by atoms with Gasteiger partial charge in [0.1, 0.15) is 5.60 Å². The molecule has 3 N–H and O–H groups in total. The maximum atomic E-state index is 12.0. The number of aliphatic hydroxyl groups is 1. The molecule has 6 heteroatoms. The molecule has 2 aromatic rings. The molecule has 0 aliphatic carbocycles. The van der Waals surface area contributed by atoms with Gasteiger partial charge >= 0.3 is 6.09 Å². The maximum Gasteiger partial charge on any atom is 0.407 e. The first-order chi connectivity index (χ1) is 11.3. The SMILES string of the molecule is CC(C)(C)OC(=O)N[C@@H](Cc1c[nH]c2ccccc12)C(O)C[C]=O. The number of alkyl carbamates (subject to hydrolysis) is 1. The maximum absolute atomic E-state index is 12.0. The van der Waals surface area contributed by atoms with E-state index in [0.29, 0.717) is 6.42 Å². The minimum Gasteiger partial charge on any atom is -0.444 e. The molecule has 2 rings (SSSR count). The highest BCUT2D eigenvalue weighted by Gasteiger charge is 2.25. The summed E-state index contributed by atoms with van der Waals surface area (Å²) in [5.74, 6) is 0. The summed E-state index contributed by atoms with van der Waals surface area (Å²) in [6, 6.07) is 7.11. The average molecular weight is 331 g/mol. The van der Waals surface area contributed by atoms with Crippen LogP contribution in [0.25, 0.3) is 10.9 Å². The van der Waals surface area contributed by atoms with Crippen molar-refractivity contribution in [1.82, 2.24) is 10.3 Å². The molecule has 1 radical (unpaired) electrons. The van der Waals surface area contributed by atoms with E-state index in [1.54, 1.807) is 27.1 Å². The van der Waals surface area contributed by atoms with Gasteiger partial charge in [-0.1, -0.05) is 18.2 Å². The lowest BCUT2D eigenvalue weighted by Crippen LogP contribution is -2.46. The van der Waals surface area contributed by atoms with Gasteiger partial charge in [0.25, 0.3) is 0 Å². The number of benzene rings is 1. The number of carbonyl (C=O) groups is 1. The minimum atomic E-state index is -1.04. The molecule has 0 saturated carbocycles. The molecule has 0 bridgehead atoms. The Bertz CT molecular complexity index is 702. The van der Waals surface area contributed by atoms with Crippen LogP contribution in [0.5, 0.6) is 0 Å². The van der Waals surface area contributed by atoms with Gasteiger partial charge in [-0.25, -0.2) is 4.79 Å². The normalized spacial score (nSPS) is 14.2. The summed E-state index contributed by atoms with van der Waals surface area (Å²) in [4.78, 5) is 25.8. The predicted octanol–water partition coefficient (Wildman–Crippen LogP) is 2.46. The highest BCUT2D eigenvalue weighted by molar-refractivity contribution is 5.83. The largest absolute Gasteiger partial charge is 0.444 e. The molecule has 6 nitrogen and oxygen atoms in total. The van der Waals surface area contributed by atoms with Gasteiger partial charge in [0, 0.05) is 23.5 Å². The van der Waals surface area contributed by atoms with Crippen molar-refractivity contribution in [2.45, 2.75) is 51.4 Å². The molecule has 0 aliphatic heterocycles. The quantitative estimate of drug-likeness (QED) is 0.758. The fourth-order valence-electron chi connectivity index (χ4n) is 2.51. The van der Waals surface area contributed by atoms with E-state index >= 15 is 0 Å². The van der Waals surface area contributed by atoms with Crippen LogP contribution in [0.3, 0.4) is 0 Å². The fraction of sp³-hybridized carbons (Fsp3) is 0.444. The van der Waals surface area contributed by atoms with E-state index in [4.69, 9.17) is 4.74 Å². The fourth-order valence-corrected chi connectivity index (χ4v) is 2.51. The number of nitrogens with one attached hydrogen (secondary N) is 2. The minimum absolute atomic E-state index is 0.178. The molecule has 1 aromatic carbocycles. The monoisotopic (exact) mass is 331 g/mol. The second-order valence-electron chi connectivity index (χ2n) is 6.73. The number of carbonyl (C=O) groups excluding carboxylic acids is 2. The van der Waals surface area contributed by atoms with Crippen molar-refractivity contribution < 1.29 is 19.4 Å². The number of hydrogen-bond donors (Lipinski definition) is 3. The van der Waals surface area contributed by atoms with Crippen LogP contribution in [0, 0.1) is 0 Å². The zero-order chi connectivity index (χ0) is 17.7. The average Bonchev–Trinajstić information content (AvgIpc) is 2.88. The summed E-state index contributed by atoms with van der Waals surface area (Å²) in [6.45, 7) is 5.28. The van der Waals surface area contributed by atoms with Crippen LogP contribution >= 0.6 is 0 Å². The van der Waals surface area contributed by atoms with Gasteiger partial charge in [-0.3, -0.25) is 4.79 Å². The molecular formula is C18H23N2O4. The smallest absolute Gasteiger partial charge is 0.407 e. The molecule has 0 fully saturated rings. The number of rotatable bonds is 6. The second kappa shape index (κ2) is 7.49. The van der Waals surface area contributed by atoms with E-state index in [1.165, 1.54) is 0 Å². The van der Waals surface area contributed by atoms with Crippen molar-refractivity contribution in [1.29, 1.82) is 0 Å². The Balaban J connectivity index is 2.17. The molecule has 0 aliphatic rings. The zero-order valence-corrected chi connectivity index (χ0v) is 14.1. The lowest BCUT2D eigenvalue weighted by Gasteiger charge is -2.26. The Hall–Kier alpha value is -2.34. The number of ether oxygens (including phenoxy) is 1. The van der Waals surface area contributed by atoms with Gasteiger partial charge < -0.3 is 20.1 Å². The summed E-state index contributed by atoms with van der Waals surface area (Å²) in [5.41, 5.74) is 1.27. The zero-order valence-electron chi connectivity index (χ0n) is 14.1. The molecule has 0 saturated heterocycles. The molecule has 1 unspecified atom stereocenters. The summed E-state index contributed by atoms with van der Waals surface area (Å²) in [5, 5.41) is 13.9. The lowest BCUT2D eigenvalue weighted by molar-refractivity contribution is 0.0428. The third kappa shape index (κ3) is 4.83. The topological polar surface area (TPSA) is 91.4 Å². The lowest BCUT2D eigenvalue weighted by atomic mass is 9.99. The van der Waals surface area contributed by atoms with E-state index in [0.717, 1.165) is 16.5 Å². The summed E-state index contributed by atoms with van der Waals surface area (Å²) < 4.78 is 5.24. The predicted molar refractivity (Wildman–Crippen MR) is 91.5 cm³/mol. The van der Waals surface area contributed by atoms with Crippen molar-refractivity contribution in [2.24, 2.45) is 0 Å². The van der Waals surface area contributed by atoms with Crippen LogP contribution in [0.2, 0.25) is 0 Å². The third-order valence-electron chi connectivity index (χ3n) is 3.57. The van der Waals surface area contributed by atoms with Gasteiger partial charge in [0.15, 0.2) is 0 Å². The molecule has 2 atom stereocenters. The van der Waals surface area contributed by atoms with E-state index in [1.807, 2.05) is 30.5 Å². The Labute approximate surface area is 141 Å². The van der Waals surface area contributed by atoms with E-state index < -0.39 is 23.8 Å². The second-order valence-corrected chi connectivity index (χ2v) is 6.73. The molecular weight excluding hydrogens is 308 g/mol. The van der Waals surface area contributed by atoms with Crippen molar-refractivity contribution >= 4 is 23.3 Å². The highest BCUT2D eigenvalue weighted by atomic mass is 16.6. The van der Waals surface area contributed by atoms with E-state index in [9.17, 15) is 14.7 Å². The Kier molecular flexibility index (Phi) is 5.62. The van der Waals surface area contributed by atoms with E-state index in [2.05, 4.69) is 10.3 Å². The number of aromatic amines is 1. The number of H-pyrrole nitrogens is 1. The van der Waals surface area contributed by atoms with Crippen LogP contribution in [0.4, 0.5) is 4.79 Å². The third-order valence-corrected chi connectivity index (χ3v) is 3.57. The van der Waals surface area contributed by atoms with Crippen LogP contribution in [0.15, 0.2) is 30.5 Å². The van der Waals surface area contributed by atoms with Crippen molar-refractivity contribution in [2.75, 3.05) is 0 Å². The van der Waals surface area contributed by atoms with Crippen molar-refractivity contribution in [3.05, 3.63) is 36.0 Å². The summed E-state index contributed by atoms with van der Waals surface area (Å²) in [7, 11) is 0. The molecule has 1 aromatic heterocycles. The van der Waals surface area contributed by atoms with Crippen LogP contribution < -0.4 is 5.32 Å². The van der Waals surface area contributed by atoms with Crippen LogP contribution in [0.1, 0.15) is 32.8 Å². The number of aromatic nitrogens is 1. The molecule has 24 heavy (non-hydrogen) atoms. The van der Waals surface area contributed by atoms with Crippen LogP contribution in [-0.2, 0) is 16.0 Å². The molecule has 129 valence electrons. The van der Waals surface area contributed by atoms with Gasteiger partial charge in [-0.2, -0.15) is 0 Å². The van der Waals surface area contributed by atoms with Gasteiger partial charge in [-0.15, -0.1) is 0 Å². The summed E-state index contributed by atoms with van der Waals surface area (Å²) >= 11 is 0. The summed E-state index contributed by atoms with van der Waals surface area (Å²) in [6.07, 6.45) is 2.05. The number of hydrogen-bond acceptors (Lipinski definition) is 4. The first-order valence-corrected chi connectivity index (χ1v) is 7.88. The van der Waals surface area contributed by atoms with Crippen molar-refractivity contribution in [3.8, 4) is 0 Å². The number of aliphatic hydroxyl groups excluding tert-OH is 1. The van der Waals surface area contributed by atoms with Gasteiger partial charge in [0.05, 0.1) is 12.1 Å². The number of amides is 1. The van der Waals surface area contributed by atoms with Gasteiger partial charge in [0.2, 0.25) is 6.29 Å². The molecule has 0 spiro atoms. The first-order valence-electron chi connectivity index (χ1n) is 7.88. The van der Waals surface area contributed by atoms with Crippen molar-refractivity contribution in [3.63, 3.8) is 0 Å². The Morgan fingerprint density at radius 2 is 2.08 bits per heavy atom.